The molecule has 0 fully saturated rings. The highest BCUT2D eigenvalue weighted by atomic mass is 16.2. The summed E-state index contributed by atoms with van der Waals surface area (Å²) >= 11 is 0. The lowest BCUT2D eigenvalue weighted by Crippen LogP contribution is -2.37. The van der Waals surface area contributed by atoms with E-state index in [1.807, 2.05) is 0 Å². The summed E-state index contributed by atoms with van der Waals surface area (Å²) in [6.45, 7) is 3.57. The first-order chi connectivity index (χ1) is 10.8. The van der Waals surface area contributed by atoms with Gasteiger partial charge in [0.15, 0.2) is 0 Å². The molecule has 3 aromatic rings. The monoisotopic (exact) mass is 313 g/mol. The van der Waals surface area contributed by atoms with Crippen LogP contribution in [0.5, 0.6) is 0 Å². The minimum Gasteiger partial charge on any atom is -0.280 e. The summed E-state index contributed by atoms with van der Waals surface area (Å²) in [4.78, 5) is 40.8. The molecule has 118 valence electrons. The lowest BCUT2D eigenvalue weighted by atomic mass is 10.2. The Morgan fingerprint density at radius 1 is 1.09 bits per heavy atom. The third-order valence-electron chi connectivity index (χ3n) is 3.74. The van der Waals surface area contributed by atoms with E-state index in [1.165, 1.54) is 35.6 Å². The first-order valence-electron chi connectivity index (χ1n) is 6.95. The molecule has 0 radical (unpaired) electrons. The first-order valence-corrected chi connectivity index (χ1v) is 6.95. The van der Waals surface area contributed by atoms with E-state index in [0.717, 1.165) is 10.3 Å². The molecule has 0 saturated heterocycles. The van der Waals surface area contributed by atoms with Crippen molar-refractivity contribution in [2.75, 3.05) is 0 Å². The third kappa shape index (κ3) is 2.19. The molecule has 0 atom stereocenters. The maximum Gasteiger partial charge on any atom is 0.332 e. The van der Waals surface area contributed by atoms with Crippen molar-refractivity contribution in [2.45, 2.75) is 13.8 Å². The van der Waals surface area contributed by atoms with Gasteiger partial charge in [-0.3, -0.25) is 18.7 Å². The van der Waals surface area contributed by atoms with Crippen molar-refractivity contribution in [1.82, 2.24) is 23.9 Å². The Bertz CT molecular complexity index is 1070. The molecule has 0 bridgehead atoms. The van der Waals surface area contributed by atoms with Gasteiger partial charge in [0.05, 0.1) is 16.6 Å². The van der Waals surface area contributed by atoms with E-state index in [9.17, 15) is 14.4 Å². The summed E-state index contributed by atoms with van der Waals surface area (Å²) in [5.74, 6) is -0.374. The molecule has 0 aliphatic heterocycles. The van der Waals surface area contributed by atoms with Crippen LogP contribution in [0.4, 0.5) is 0 Å². The van der Waals surface area contributed by atoms with Crippen molar-refractivity contribution in [1.29, 1.82) is 0 Å². The van der Waals surface area contributed by atoms with E-state index in [1.54, 1.807) is 19.9 Å². The van der Waals surface area contributed by atoms with Gasteiger partial charge in [-0.2, -0.15) is 5.10 Å². The number of pyridine rings is 1. The molecule has 3 heterocycles. The zero-order chi connectivity index (χ0) is 16.9. The van der Waals surface area contributed by atoms with Crippen LogP contribution in [0.1, 0.15) is 21.7 Å². The summed E-state index contributed by atoms with van der Waals surface area (Å²) in [6.07, 6.45) is 1.35. The van der Waals surface area contributed by atoms with Crippen LogP contribution < -0.4 is 11.2 Å². The minimum atomic E-state index is -0.487. The quantitative estimate of drug-likeness (QED) is 0.637. The summed E-state index contributed by atoms with van der Waals surface area (Å²) in [6, 6.07) is 3.23. The normalized spacial score (nSPS) is 11.1. The third-order valence-corrected chi connectivity index (χ3v) is 3.74. The number of carbonyl (C=O) groups excluding carboxylic acids is 1. The number of hydrogen-bond donors (Lipinski definition) is 0. The number of rotatable bonds is 1. The van der Waals surface area contributed by atoms with Crippen LogP contribution in [-0.4, -0.2) is 29.8 Å². The highest BCUT2D eigenvalue weighted by molar-refractivity contribution is 5.98. The number of hydrogen-bond acceptors (Lipinski definition) is 5. The smallest absolute Gasteiger partial charge is 0.280 e. The van der Waals surface area contributed by atoms with Gasteiger partial charge in [0.25, 0.3) is 11.5 Å². The van der Waals surface area contributed by atoms with Crippen molar-refractivity contribution in [2.24, 2.45) is 14.1 Å². The molecular weight excluding hydrogens is 298 g/mol. The van der Waals surface area contributed by atoms with Crippen molar-refractivity contribution in [3.05, 3.63) is 56.1 Å². The second-order valence-corrected chi connectivity index (χ2v) is 5.44. The fraction of sp³-hybridized carbons (Fsp3) is 0.267. The predicted molar refractivity (Wildman–Crippen MR) is 83.7 cm³/mol. The lowest BCUT2D eigenvalue weighted by Gasteiger charge is -2.08. The topological polar surface area (TPSA) is 91.8 Å². The Balaban J connectivity index is 2.25. The zero-order valence-electron chi connectivity index (χ0n) is 13.2. The van der Waals surface area contributed by atoms with Gasteiger partial charge in [-0.05, 0) is 26.0 Å². The second kappa shape index (κ2) is 5.01. The van der Waals surface area contributed by atoms with Gasteiger partial charge < -0.3 is 0 Å². The summed E-state index contributed by atoms with van der Waals surface area (Å²) in [7, 11) is 2.92. The molecule has 23 heavy (non-hydrogen) atoms. The average molecular weight is 313 g/mol. The zero-order valence-corrected chi connectivity index (χ0v) is 13.2. The highest BCUT2D eigenvalue weighted by Crippen LogP contribution is 2.11. The van der Waals surface area contributed by atoms with Crippen molar-refractivity contribution in [3.63, 3.8) is 0 Å². The standard InChI is InChI=1S/C15H15N5O3/c1-8-5-9(2)20(17-8)13(21)10-6-11-12(16-7-10)18(3)15(23)19(4)14(11)22/h5-7H,1-4H3. The predicted octanol–water partition coefficient (Wildman–Crippen LogP) is 0.134. The molecule has 0 aliphatic carbocycles. The molecular formula is C15H15N5O3. The summed E-state index contributed by atoms with van der Waals surface area (Å²) < 4.78 is 3.53. The molecule has 0 amide bonds. The molecule has 0 N–H and O–H groups in total. The minimum absolute atomic E-state index is 0.210. The van der Waals surface area contributed by atoms with Crippen LogP contribution in [0.15, 0.2) is 27.9 Å². The van der Waals surface area contributed by atoms with E-state index in [2.05, 4.69) is 10.1 Å². The maximum atomic E-state index is 12.6. The van der Waals surface area contributed by atoms with E-state index in [4.69, 9.17) is 0 Å². The molecule has 3 rings (SSSR count). The first kappa shape index (κ1) is 14.9. The molecule has 0 aliphatic rings. The number of aromatic nitrogens is 5. The van der Waals surface area contributed by atoms with Gasteiger partial charge >= 0.3 is 5.69 Å². The van der Waals surface area contributed by atoms with E-state index < -0.39 is 11.2 Å². The number of aryl methyl sites for hydroxylation is 3. The van der Waals surface area contributed by atoms with Crippen LogP contribution in [0.25, 0.3) is 11.0 Å². The Hall–Kier alpha value is -3.03. The molecule has 8 heteroatoms. The number of carbonyl (C=O) groups is 1. The number of fused-ring (bicyclic) bond motifs is 1. The summed E-state index contributed by atoms with van der Waals surface area (Å²) in [5.41, 5.74) is 0.942. The Labute approximate surface area is 130 Å². The summed E-state index contributed by atoms with van der Waals surface area (Å²) in [5, 5.41) is 4.35. The number of nitrogens with zero attached hydrogens (tertiary/aromatic N) is 5. The molecule has 0 spiro atoms. The van der Waals surface area contributed by atoms with Gasteiger partial charge in [-0.1, -0.05) is 0 Å². The van der Waals surface area contributed by atoms with E-state index in [0.29, 0.717) is 5.69 Å². The van der Waals surface area contributed by atoms with E-state index >= 15 is 0 Å². The average Bonchev–Trinajstić information content (AvgIpc) is 2.88. The second-order valence-electron chi connectivity index (χ2n) is 5.44. The van der Waals surface area contributed by atoms with Crippen LogP contribution in [-0.2, 0) is 14.1 Å². The fourth-order valence-corrected chi connectivity index (χ4v) is 2.54. The molecule has 3 aromatic heterocycles. The molecule has 0 unspecified atom stereocenters. The largest absolute Gasteiger partial charge is 0.332 e. The van der Waals surface area contributed by atoms with Crippen LogP contribution in [0.2, 0.25) is 0 Å². The maximum absolute atomic E-state index is 12.6. The van der Waals surface area contributed by atoms with Gasteiger partial charge in [0.2, 0.25) is 0 Å². The van der Waals surface area contributed by atoms with E-state index in [-0.39, 0.29) is 22.5 Å². The SMILES string of the molecule is Cc1cc(C)n(C(=O)c2cnc3c(c2)c(=O)n(C)c(=O)n3C)n1. The van der Waals surface area contributed by atoms with Gasteiger partial charge in [0.1, 0.15) is 5.65 Å². The van der Waals surface area contributed by atoms with Gasteiger partial charge in [-0.25, -0.2) is 14.5 Å². The van der Waals surface area contributed by atoms with Crippen LogP contribution in [0, 0.1) is 13.8 Å². The van der Waals surface area contributed by atoms with Gasteiger partial charge in [0, 0.05) is 26.0 Å². The molecule has 0 saturated carbocycles. The highest BCUT2D eigenvalue weighted by Gasteiger charge is 2.16. The Kier molecular flexibility index (Phi) is 3.24. The van der Waals surface area contributed by atoms with Crippen LogP contribution in [0.3, 0.4) is 0 Å². The molecule has 0 aromatic carbocycles. The Morgan fingerprint density at radius 3 is 2.39 bits per heavy atom. The Morgan fingerprint density at radius 2 is 1.78 bits per heavy atom. The lowest BCUT2D eigenvalue weighted by molar-refractivity contribution is 0.0942. The molecule has 8 nitrogen and oxygen atoms in total. The van der Waals surface area contributed by atoms with Crippen LogP contribution >= 0.6 is 0 Å². The van der Waals surface area contributed by atoms with Gasteiger partial charge in [-0.15, -0.1) is 0 Å². The fourth-order valence-electron chi connectivity index (χ4n) is 2.54. The van der Waals surface area contributed by atoms with Crippen molar-refractivity contribution in [3.8, 4) is 0 Å². The van der Waals surface area contributed by atoms with Crippen molar-refractivity contribution < 1.29 is 4.79 Å². The van der Waals surface area contributed by atoms with Crippen molar-refractivity contribution >= 4 is 16.9 Å².